The van der Waals surface area contributed by atoms with Gasteiger partial charge in [-0.25, -0.2) is 11.6 Å². The monoisotopic (exact) mass is 398 g/mol. The summed E-state index contributed by atoms with van der Waals surface area (Å²) in [5.74, 6) is 0.330. The topological polar surface area (TPSA) is 0 Å². The molecule has 0 saturated carbocycles. The Morgan fingerprint density at radius 3 is 1.48 bits per heavy atom. The molecule has 4 heteroatoms. The van der Waals surface area contributed by atoms with Gasteiger partial charge in [0.25, 0.3) is 0 Å². The van der Waals surface area contributed by atoms with E-state index in [0.717, 1.165) is 0 Å². The third kappa shape index (κ3) is 6.06. The zero-order chi connectivity index (χ0) is 13.1. The Kier molecular flexibility index (Phi) is 12.7. The summed E-state index contributed by atoms with van der Waals surface area (Å²) in [5.41, 5.74) is 5.39. The van der Waals surface area contributed by atoms with Gasteiger partial charge in [0.05, 0.1) is 0 Å². The van der Waals surface area contributed by atoms with E-state index in [1.165, 1.54) is 22.3 Å². The molecule has 0 N–H and O–H groups in total. The van der Waals surface area contributed by atoms with Crippen LogP contribution in [0, 0.1) is 6.92 Å². The number of halogens is 3. The molecule has 0 atom stereocenters. The second-order valence-electron chi connectivity index (χ2n) is 4.98. The zero-order valence-electron chi connectivity index (χ0n) is 12.7. The fourth-order valence-electron chi connectivity index (χ4n) is 2.63. The van der Waals surface area contributed by atoms with E-state index in [4.69, 9.17) is 0 Å². The van der Waals surface area contributed by atoms with E-state index in [1.807, 2.05) is 0 Å². The summed E-state index contributed by atoms with van der Waals surface area (Å²) in [4.78, 5) is 0. The molecule has 0 nitrogen and oxygen atoms in total. The van der Waals surface area contributed by atoms with Gasteiger partial charge in [-0.3, -0.25) is 0 Å². The van der Waals surface area contributed by atoms with Gasteiger partial charge in [-0.05, 0) is 17.0 Å². The van der Waals surface area contributed by atoms with Crippen molar-refractivity contribution in [3.63, 3.8) is 0 Å². The van der Waals surface area contributed by atoms with Crippen LogP contribution < -0.4 is 37.2 Å². The first kappa shape index (κ1) is 24.6. The van der Waals surface area contributed by atoms with Gasteiger partial charge in [0.2, 0.25) is 0 Å². The zero-order valence-corrected chi connectivity index (χ0v) is 16.5. The summed E-state index contributed by atoms with van der Waals surface area (Å²) >= 11 is 0. The molecule has 0 unspecified atom stereocenters. The molecule has 0 radical (unpaired) electrons. The van der Waals surface area contributed by atoms with Crippen molar-refractivity contribution in [1.82, 2.24) is 0 Å². The summed E-state index contributed by atoms with van der Waals surface area (Å²) < 4.78 is 0. The van der Waals surface area contributed by atoms with E-state index in [1.54, 1.807) is 0 Å². The Morgan fingerprint density at radius 2 is 1.13 bits per heavy atom. The Bertz CT molecular complexity index is 611. The molecule has 23 heavy (non-hydrogen) atoms. The number of rotatable bonds is 3. The fraction of sp³-hybridized carbons (Fsp3) is 0.105. The molecule has 0 aromatic heterocycles. The molecular formula is C19H17Cl3Ti. The van der Waals surface area contributed by atoms with Crippen LogP contribution >= 0.6 is 0 Å². The van der Waals surface area contributed by atoms with Gasteiger partial charge in [-0.15, -0.1) is 5.56 Å². The summed E-state index contributed by atoms with van der Waals surface area (Å²) in [6, 6.07) is 28.1. The van der Waals surface area contributed by atoms with Crippen molar-refractivity contribution in [3.05, 3.63) is 101 Å². The SMILES string of the molecule is Cc1cc[c-](C(c2ccccc2)c2ccccc2)c1.[Cl-].[Cl-].[Cl-].[Ti+4]. The van der Waals surface area contributed by atoms with Crippen molar-refractivity contribution in [2.24, 2.45) is 0 Å². The van der Waals surface area contributed by atoms with Crippen LogP contribution in [0.4, 0.5) is 0 Å². The van der Waals surface area contributed by atoms with Gasteiger partial charge >= 0.3 is 21.7 Å². The standard InChI is InChI=1S/C19H17.3ClH.Ti/c1-15-12-13-18(14-15)19(16-8-4-2-5-9-16)17-10-6-3-7-11-17;;;;/h2-14,19H,1H3;3*1H;/q-1;;;;+4/p-3. The predicted octanol–water partition coefficient (Wildman–Crippen LogP) is -4.10. The molecule has 0 fully saturated rings. The minimum atomic E-state index is 0. The van der Waals surface area contributed by atoms with Crippen molar-refractivity contribution < 1.29 is 58.9 Å². The second kappa shape index (κ2) is 11.8. The maximum atomic E-state index is 2.28. The molecule has 118 valence electrons. The van der Waals surface area contributed by atoms with Gasteiger partial charge in [-0.1, -0.05) is 67.6 Å². The van der Waals surface area contributed by atoms with Crippen LogP contribution in [0.2, 0.25) is 0 Å². The van der Waals surface area contributed by atoms with E-state index in [2.05, 4.69) is 85.8 Å². The quantitative estimate of drug-likeness (QED) is 0.310. The molecule has 0 bridgehead atoms. The van der Waals surface area contributed by atoms with Gasteiger partial charge < -0.3 is 37.2 Å². The van der Waals surface area contributed by atoms with Crippen LogP contribution in [0.3, 0.4) is 0 Å². The molecule has 0 amide bonds. The summed E-state index contributed by atoms with van der Waals surface area (Å²) in [6.45, 7) is 2.15. The van der Waals surface area contributed by atoms with Crippen molar-refractivity contribution >= 4 is 0 Å². The van der Waals surface area contributed by atoms with Crippen molar-refractivity contribution in [2.45, 2.75) is 12.8 Å². The molecule has 0 aliphatic rings. The number of hydrogen-bond acceptors (Lipinski definition) is 0. The number of hydrogen-bond donors (Lipinski definition) is 0. The second-order valence-corrected chi connectivity index (χ2v) is 4.98. The van der Waals surface area contributed by atoms with Crippen LogP contribution in [0.15, 0.2) is 78.9 Å². The number of benzene rings is 2. The van der Waals surface area contributed by atoms with E-state index in [-0.39, 0.29) is 58.9 Å². The van der Waals surface area contributed by atoms with Gasteiger partial charge in [-0.2, -0.15) is 12.1 Å². The molecule has 3 aromatic rings. The summed E-state index contributed by atoms with van der Waals surface area (Å²) in [6.07, 6.45) is 0. The average Bonchev–Trinajstić information content (AvgIpc) is 2.88. The van der Waals surface area contributed by atoms with Gasteiger partial charge in [0.1, 0.15) is 0 Å². The normalized spacial score (nSPS) is 8.96. The molecule has 0 aliphatic heterocycles. The summed E-state index contributed by atoms with van der Waals surface area (Å²) in [5, 5.41) is 0. The molecule has 0 saturated heterocycles. The van der Waals surface area contributed by atoms with Crippen molar-refractivity contribution in [2.75, 3.05) is 0 Å². The first-order valence-corrected chi connectivity index (χ1v) is 6.68. The van der Waals surface area contributed by atoms with Crippen molar-refractivity contribution in [1.29, 1.82) is 0 Å². The third-order valence-corrected chi connectivity index (χ3v) is 3.53. The van der Waals surface area contributed by atoms with Crippen LogP contribution in [0.25, 0.3) is 0 Å². The Hall–Kier alpha value is -0.626. The van der Waals surface area contributed by atoms with Crippen LogP contribution in [-0.4, -0.2) is 0 Å². The Balaban J connectivity index is 0. The molecule has 0 aliphatic carbocycles. The smallest absolute Gasteiger partial charge is 1.00 e. The fourth-order valence-corrected chi connectivity index (χ4v) is 2.63. The largest absolute Gasteiger partial charge is 4.00 e. The van der Waals surface area contributed by atoms with E-state index in [9.17, 15) is 0 Å². The minimum Gasteiger partial charge on any atom is -1.00 e. The predicted molar refractivity (Wildman–Crippen MR) is 80.6 cm³/mol. The maximum absolute atomic E-state index is 2.28. The van der Waals surface area contributed by atoms with Gasteiger partial charge in [0, 0.05) is 0 Å². The van der Waals surface area contributed by atoms with E-state index < -0.39 is 0 Å². The molecule has 3 aromatic carbocycles. The van der Waals surface area contributed by atoms with E-state index in [0.29, 0.717) is 5.92 Å². The molecule has 0 spiro atoms. The maximum Gasteiger partial charge on any atom is 4.00 e. The molecule has 3 rings (SSSR count). The van der Waals surface area contributed by atoms with Crippen molar-refractivity contribution in [3.8, 4) is 0 Å². The average molecular weight is 400 g/mol. The van der Waals surface area contributed by atoms with Crippen LogP contribution in [0.1, 0.15) is 28.2 Å². The van der Waals surface area contributed by atoms with Crippen LogP contribution in [0.5, 0.6) is 0 Å². The molecular weight excluding hydrogens is 382 g/mol. The Labute approximate surface area is 172 Å². The van der Waals surface area contributed by atoms with Gasteiger partial charge in [0.15, 0.2) is 0 Å². The minimum absolute atomic E-state index is 0. The molecule has 0 heterocycles. The summed E-state index contributed by atoms with van der Waals surface area (Å²) in [7, 11) is 0. The Morgan fingerprint density at radius 1 is 0.696 bits per heavy atom. The van der Waals surface area contributed by atoms with E-state index >= 15 is 0 Å². The first-order chi connectivity index (χ1) is 9.34. The first-order valence-electron chi connectivity index (χ1n) is 6.68. The number of aryl methyl sites for hydroxylation is 1. The van der Waals surface area contributed by atoms with Crippen LogP contribution in [-0.2, 0) is 21.7 Å². The third-order valence-electron chi connectivity index (χ3n) is 3.53.